The third kappa shape index (κ3) is 4.21. The van der Waals surface area contributed by atoms with E-state index >= 15 is 0 Å². The van der Waals surface area contributed by atoms with Crippen LogP contribution in [0.5, 0.6) is 5.75 Å². The lowest BCUT2D eigenvalue weighted by Crippen LogP contribution is -2.10. The summed E-state index contributed by atoms with van der Waals surface area (Å²) in [5.74, 6) is 0.847. The number of benzene rings is 6. The molecule has 0 saturated carbocycles. The molecule has 37 heavy (non-hydrogen) atoms. The van der Waals surface area contributed by atoms with Crippen molar-refractivity contribution in [2.45, 2.75) is 13.8 Å². The Hall–Kier alpha value is -4.56. The van der Waals surface area contributed by atoms with Gasteiger partial charge >= 0.3 is 0 Å². The van der Waals surface area contributed by atoms with Gasteiger partial charge in [-0.25, -0.2) is 0 Å². The molecule has 0 amide bonds. The third-order valence-electron chi connectivity index (χ3n) is 7.16. The Morgan fingerprint density at radius 2 is 1.11 bits per heavy atom. The highest BCUT2D eigenvalue weighted by Crippen LogP contribution is 2.41. The summed E-state index contributed by atoms with van der Waals surface area (Å²) in [5, 5.41) is 5.10. The first kappa shape index (κ1) is 22.9. The van der Waals surface area contributed by atoms with Crippen LogP contribution in [0.1, 0.15) is 11.1 Å². The highest BCUT2D eigenvalue weighted by atomic mass is 16.5. The first-order valence-corrected chi connectivity index (χ1v) is 12.6. The summed E-state index contributed by atoms with van der Waals surface area (Å²) in [4.78, 5) is 2.31. The molecule has 0 N–H and O–H groups in total. The lowest BCUT2D eigenvalue weighted by molar-refractivity contribution is 0.415. The molecule has 0 radical (unpaired) electrons. The second-order valence-electron chi connectivity index (χ2n) is 9.56. The zero-order valence-electron chi connectivity index (χ0n) is 21.4. The molecular weight excluding hydrogens is 450 g/mol. The van der Waals surface area contributed by atoms with Crippen LogP contribution in [0.4, 0.5) is 17.1 Å². The number of aryl methyl sites for hydroxylation is 2. The molecule has 0 spiro atoms. The SMILES string of the molecule is COc1ccc(N(c2ccc(C)cc2)c2ccc(C)c(-c3cc4ccccc4c4ccccc34)c2)cc1. The Bertz CT molecular complexity index is 1720. The summed E-state index contributed by atoms with van der Waals surface area (Å²) in [6.45, 7) is 4.32. The number of ether oxygens (including phenoxy) is 1. The van der Waals surface area contributed by atoms with Gasteiger partial charge in [-0.05, 0) is 107 Å². The molecule has 6 aromatic carbocycles. The lowest BCUT2D eigenvalue weighted by Gasteiger charge is -2.27. The van der Waals surface area contributed by atoms with Crippen LogP contribution in [0, 0.1) is 13.8 Å². The molecule has 0 aliphatic rings. The van der Waals surface area contributed by atoms with Crippen molar-refractivity contribution in [3.05, 3.63) is 132 Å². The molecule has 0 aliphatic heterocycles. The fourth-order valence-electron chi connectivity index (χ4n) is 5.19. The Morgan fingerprint density at radius 3 is 1.81 bits per heavy atom. The second-order valence-corrected chi connectivity index (χ2v) is 9.56. The Balaban J connectivity index is 1.58. The smallest absolute Gasteiger partial charge is 0.119 e. The Labute approximate surface area is 218 Å². The van der Waals surface area contributed by atoms with Gasteiger partial charge in [0.15, 0.2) is 0 Å². The van der Waals surface area contributed by atoms with E-state index in [-0.39, 0.29) is 0 Å². The van der Waals surface area contributed by atoms with Crippen molar-refractivity contribution in [3.8, 4) is 16.9 Å². The summed E-state index contributed by atoms with van der Waals surface area (Å²) in [6, 6.07) is 43.5. The average Bonchev–Trinajstić information content (AvgIpc) is 2.95. The third-order valence-corrected chi connectivity index (χ3v) is 7.16. The maximum atomic E-state index is 5.43. The van der Waals surface area contributed by atoms with Gasteiger partial charge in [0.25, 0.3) is 0 Å². The van der Waals surface area contributed by atoms with Gasteiger partial charge in [-0.1, -0.05) is 72.3 Å². The van der Waals surface area contributed by atoms with Crippen LogP contribution in [0.3, 0.4) is 0 Å². The highest BCUT2D eigenvalue weighted by molar-refractivity contribution is 6.14. The molecule has 6 rings (SSSR count). The molecule has 0 atom stereocenters. The highest BCUT2D eigenvalue weighted by Gasteiger charge is 2.16. The standard InChI is InChI=1S/C35H29NO/c1-24-12-15-27(16-13-24)36(28-18-20-30(37-3)21-19-28)29-17-14-25(2)34(23-29)35-22-26-8-4-5-9-31(26)32-10-6-7-11-33(32)35/h4-23H,1-3H3. The van der Waals surface area contributed by atoms with Gasteiger partial charge in [0.2, 0.25) is 0 Å². The van der Waals surface area contributed by atoms with Crippen LogP contribution >= 0.6 is 0 Å². The lowest BCUT2D eigenvalue weighted by atomic mass is 9.91. The fraction of sp³-hybridized carbons (Fsp3) is 0.0857. The summed E-state index contributed by atoms with van der Waals surface area (Å²) in [7, 11) is 1.70. The van der Waals surface area contributed by atoms with E-state index in [4.69, 9.17) is 4.74 Å². The maximum absolute atomic E-state index is 5.43. The first-order valence-electron chi connectivity index (χ1n) is 12.6. The molecule has 0 heterocycles. The van der Waals surface area contributed by atoms with E-state index in [2.05, 4.69) is 128 Å². The largest absolute Gasteiger partial charge is 0.497 e. The maximum Gasteiger partial charge on any atom is 0.119 e. The summed E-state index contributed by atoms with van der Waals surface area (Å²) in [6.07, 6.45) is 0. The first-order chi connectivity index (χ1) is 18.1. The fourth-order valence-corrected chi connectivity index (χ4v) is 5.19. The minimum Gasteiger partial charge on any atom is -0.497 e. The van der Waals surface area contributed by atoms with Gasteiger partial charge < -0.3 is 9.64 Å². The van der Waals surface area contributed by atoms with Crippen molar-refractivity contribution >= 4 is 38.6 Å². The molecule has 0 aromatic heterocycles. The van der Waals surface area contributed by atoms with E-state index in [0.717, 1.165) is 22.8 Å². The topological polar surface area (TPSA) is 12.5 Å². The van der Waals surface area contributed by atoms with Crippen LogP contribution in [-0.4, -0.2) is 7.11 Å². The van der Waals surface area contributed by atoms with Gasteiger partial charge in [-0.15, -0.1) is 0 Å². The van der Waals surface area contributed by atoms with Crippen LogP contribution in [0.2, 0.25) is 0 Å². The molecule has 2 nitrogen and oxygen atoms in total. The summed E-state index contributed by atoms with van der Waals surface area (Å²) < 4.78 is 5.43. The predicted molar refractivity (Wildman–Crippen MR) is 158 cm³/mol. The van der Waals surface area contributed by atoms with E-state index in [1.165, 1.54) is 43.8 Å². The number of anilines is 3. The van der Waals surface area contributed by atoms with Gasteiger partial charge in [0, 0.05) is 17.1 Å². The van der Waals surface area contributed by atoms with E-state index in [9.17, 15) is 0 Å². The van der Waals surface area contributed by atoms with E-state index in [1.54, 1.807) is 7.11 Å². The minimum atomic E-state index is 0.847. The molecule has 6 aromatic rings. The van der Waals surface area contributed by atoms with Crippen molar-refractivity contribution in [2.24, 2.45) is 0 Å². The molecule has 2 heteroatoms. The summed E-state index contributed by atoms with van der Waals surface area (Å²) >= 11 is 0. The average molecular weight is 480 g/mol. The molecule has 0 saturated heterocycles. The molecule has 0 bridgehead atoms. The molecular formula is C35H29NO. The molecule has 0 unspecified atom stereocenters. The number of hydrogen-bond acceptors (Lipinski definition) is 2. The van der Waals surface area contributed by atoms with Crippen LogP contribution in [-0.2, 0) is 0 Å². The van der Waals surface area contributed by atoms with Gasteiger partial charge in [-0.3, -0.25) is 0 Å². The van der Waals surface area contributed by atoms with Crippen molar-refractivity contribution in [2.75, 3.05) is 12.0 Å². The Kier molecular flexibility index (Phi) is 5.86. The normalized spacial score (nSPS) is 11.1. The molecule has 0 fully saturated rings. The van der Waals surface area contributed by atoms with Gasteiger partial charge in [-0.2, -0.15) is 0 Å². The van der Waals surface area contributed by atoms with Crippen LogP contribution in [0.25, 0.3) is 32.7 Å². The molecule has 180 valence electrons. The molecule has 0 aliphatic carbocycles. The van der Waals surface area contributed by atoms with Crippen molar-refractivity contribution < 1.29 is 4.74 Å². The van der Waals surface area contributed by atoms with Crippen LogP contribution in [0.15, 0.2) is 121 Å². The van der Waals surface area contributed by atoms with Crippen molar-refractivity contribution in [1.29, 1.82) is 0 Å². The van der Waals surface area contributed by atoms with E-state index < -0.39 is 0 Å². The zero-order valence-corrected chi connectivity index (χ0v) is 21.4. The predicted octanol–water partition coefficient (Wildman–Crippen LogP) is 9.76. The number of rotatable bonds is 5. The number of methoxy groups -OCH3 is 1. The van der Waals surface area contributed by atoms with Gasteiger partial charge in [0.05, 0.1) is 7.11 Å². The zero-order chi connectivity index (χ0) is 25.4. The minimum absolute atomic E-state index is 0.847. The monoisotopic (exact) mass is 479 g/mol. The number of nitrogens with zero attached hydrogens (tertiary/aromatic N) is 1. The summed E-state index contributed by atoms with van der Waals surface area (Å²) in [5.41, 5.74) is 8.31. The van der Waals surface area contributed by atoms with E-state index in [0.29, 0.717) is 0 Å². The quantitative estimate of drug-likeness (QED) is 0.228. The van der Waals surface area contributed by atoms with Crippen molar-refractivity contribution in [3.63, 3.8) is 0 Å². The Morgan fingerprint density at radius 1 is 0.514 bits per heavy atom. The number of fused-ring (bicyclic) bond motifs is 3. The number of hydrogen-bond donors (Lipinski definition) is 0. The van der Waals surface area contributed by atoms with Crippen LogP contribution < -0.4 is 9.64 Å². The second kappa shape index (κ2) is 9.48. The van der Waals surface area contributed by atoms with Crippen molar-refractivity contribution in [1.82, 2.24) is 0 Å². The van der Waals surface area contributed by atoms with Gasteiger partial charge in [0.1, 0.15) is 5.75 Å². The van der Waals surface area contributed by atoms with E-state index in [1.807, 2.05) is 12.1 Å².